The van der Waals surface area contributed by atoms with E-state index in [-0.39, 0.29) is 10.6 Å². The number of anilines is 1. The molecule has 1 saturated carbocycles. The number of hydrogen-bond donors (Lipinski definition) is 2. The third-order valence-electron chi connectivity index (χ3n) is 3.25. The largest absolute Gasteiger partial charge is 0.399 e. The Balaban J connectivity index is 2.09. The predicted octanol–water partition coefficient (Wildman–Crippen LogP) is 1.65. The first-order valence-electron chi connectivity index (χ1n) is 6.44. The molecule has 0 aromatic heterocycles. The van der Waals surface area contributed by atoms with Crippen LogP contribution in [0.1, 0.15) is 25.7 Å². The van der Waals surface area contributed by atoms with Gasteiger partial charge in [0.05, 0.1) is 4.92 Å². The monoisotopic (exact) mass is 299 g/mol. The van der Waals surface area contributed by atoms with Crippen molar-refractivity contribution in [3.63, 3.8) is 0 Å². The van der Waals surface area contributed by atoms with Crippen molar-refractivity contribution in [2.24, 2.45) is 5.92 Å². The molecule has 1 aromatic carbocycles. The lowest BCUT2D eigenvalue weighted by molar-refractivity contribution is -0.387. The first kappa shape index (κ1) is 14.7. The average Bonchev–Trinajstić information content (AvgIpc) is 3.18. The third-order valence-corrected chi connectivity index (χ3v) is 4.76. The van der Waals surface area contributed by atoms with Gasteiger partial charge >= 0.3 is 0 Å². The predicted molar refractivity (Wildman–Crippen MR) is 74.7 cm³/mol. The van der Waals surface area contributed by atoms with E-state index in [1.165, 1.54) is 18.9 Å². The Hall–Kier alpha value is -1.67. The topological polar surface area (TPSA) is 115 Å². The lowest BCUT2D eigenvalue weighted by Gasteiger charge is -2.07. The zero-order chi connectivity index (χ0) is 14.8. The maximum Gasteiger partial charge on any atom is 0.291 e. The van der Waals surface area contributed by atoms with Crippen LogP contribution in [-0.2, 0) is 10.0 Å². The van der Waals surface area contributed by atoms with Gasteiger partial charge in [-0.1, -0.05) is 12.8 Å². The number of rotatable bonds is 7. The molecular formula is C12H17N3O4S. The minimum Gasteiger partial charge on any atom is -0.399 e. The number of hydrogen-bond acceptors (Lipinski definition) is 5. The highest BCUT2D eigenvalue weighted by molar-refractivity contribution is 7.89. The number of nitrogens with zero attached hydrogens (tertiary/aromatic N) is 1. The maximum atomic E-state index is 12.1. The van der Waals surface area contributed by atoms with Gasteiger partial charge in [-0.25, -0.2) is 13.1 Å². The molecule has 1 aliphatic carbocycles. The molecule has 2 rings (SSSR count). The van der Waals surface area contributed by atoms with Gasteiger partial charge in [0.2, 0.25) is 10.0 Å². The van der Waals surface area contributed by atoms with E-state index >= 15 is 0 Å². The molecule has 1 aromatic rings. The molecule has 20 heavy (non-hydrogen) atoms. The van der Waals surface area contributed by atoms with Crippen molar-refractivity contribution in [2.75, 3.05) is 12.3 Å². The van der Waals surface area contributed by atoms with E-state index in [4.69, 9.17) is 5.73 Å². The second-order valence-corrected chi connectivity index (χ2v) is 6.70. The summed E-state index contributed by atoms with van der Waals surface area (Å²) in [5.74, 6) is 0.727. The van der Waals surface area contributed by atoms with Gasteiger partial charge in [-0.3, -0.25) is 10.1 Å². The van der Waals surface area contributed by atoms with Crippen LogP contribution in [0.4, 0.5) is 11.4 Å². The zero-order valence-corrected chi connectivity index (χ0v) is 11.7. The van der Waals surface area contributed by atoms with Crippen LogP contribution >= 0.6 is 0 Å². The Morgan fingerprint density at radius 3 is 2.70 bits per heavy atom. The van der Waals surface area contributed by atoms with Gasteiger partial charge in [0, 0.05) is 18.3 Å². The van der Waals surface area contributed by atoms with Crippen molar-refractivity contribution in [2.45, 2.75) is 30.6 Å². The normalized spacial score (nSPS) is 15.2. The molecule has 3 N–H and O–H groups in total. The Kier molecular flexibility index (Phi) is 4.24. The van der Waals surface area contributed by atoms with Crippen LogP contribution in [0.3, 0.4) is 0 Å². The van der Waals surface area contributed by atoms with Crippen LogP contribution in [-0.4, -0.2) is 19.9 Å². The third kappa shape index (κ3) is 3.67. The van der Waals surface area contributed by atoms with Gasteiger partial charge in [0.15, 0.2) is 4.90 Å². The quantitative estimate of drug-likeness (QED) is 0.344. The van der Waals surface area contributed by atoms with E-state index in [9.17, 15) is 18.5 Å². The van der Waals surface area contributed by atoms with E-state index in [1.54, 1.807) is 0 Å². The first-order chi connectivity index (χ1) is 9.40. The van der Waals surface area contributed by atoms with Crippen molar-refractivity contribution in [3.8, 4) is 0 Å². The SMILES string of the molecule is Nc1ccc(S(=O)(=O)NCCCC2CC2)c([N+](=O)[O-])c1. The number of nitrogen functional groups attached to an aromatic ring is 1. The summed E-state index contributed by atoms with van der Waals surface area (Å²) in [4.78, 5) is 9.82. The summed E-state index contributed by atoms with van der Waals surface area (Å²) >= 11 is 0. The highest BCUT2D eigenvalue weighted by Crippen LogP contribution is 2.33. The molecule has 0 radical (unpaired) electrons. The molecular weight excluding hydrogens is 282 g/mol. The number of nitro groups is 1. The van der Waals surface area contributed by atoms with Crippen LogP contribution < -0.4 is 10.5 Å². The molecule has 7 nitrogen and oxygen atoms in total. The van der Waals surface area contributed by atoms with Crippen LogP contribution in [0.2, 0.25) is 0 Å². The molecule has 0 spiro atoms. The van der Waals surface area contributed by atoms with Gasteiger partial charge < -0.3 is 5.73 Å². The highest BCUT2D eigenvalue weighted by atomic mass is 32.2. The Morgan fingerprint density at radius 2 is 2.10 bits per heavy atom. The second kappa shape index (κ2) is 5.76. The fraction of sp³-hybridized carbons (Fsp3) is 0.500. The van der Waals surface area contributed by atoms with Gasteiger partial charge in [0.1, 0.15) is 0 Å². The molecule has 0 bridgehead atoms. The minimum atomic E-state index is -3.88. The first-order valence-corrected chi connectivity index (χ1v) is 7.92. The summed E-state index contributed by atoms with van der Waals surface area (Å²) in [6.07, 6.45) is 4.17. The summed E-state index contributed by atoms with van der Waals surface area (Å²) in [6, 6.07) is 3.56. The summed E-state index contributed by atoms with van der Waals surface area (Å²) in [5.41, 5.74) is 5.11. The van der Waals surface area contributed by atoms with Crippen LogP contribution in [0.5, 0.6) is 0 Å². The Labute approximate surface area is 117 Å². The minimum absolute atomic E-state index is 0.157. The number of nitro benzene ring substituents is 1. The molecule has 1 fully saturated rings. The average molecular weight is 299 g/mol. The van der Waals surface area contributed by atoms with Crippen LogP contribution in [0.25, 0.3) is 0 Å². The van der Waals surface area contributed by atoms with Crippen molar-refractivity contribution in [1.82, 2.24) is 4.72 Å². The smallest absolute Gasteiger partial charge is 0.291 e. The van der Waals surface area contributed by atoms with Crippen molar-refractivity contribution in [1.29, 1.82) is 0 Å². The highest BCUT2D eigenvalue weighted by Gasteiger charge is 2.26. The standard InChI is InChI=1S/C12H17N3O4S/c13-10-5-6-12(11(8-10)15(16)17)20(18,19)14-7-1-2-9-3-4-9/h5-6,8-9,14H,1-4,7,13H2. The molecule has 0 atom stereocenters. The van der Waals surface area contributed by atoms with E-state index in [2.05, 4.69) is 4.72 Å². The van der Waals surface area contributed by atoms with Gasteiger partial charge in [-0.2, -0.15) is 0 Å². The Bertz CT molecular complexity index is 611. The van der Waals surface area contributed by atoms with Crippen LogP contribution in [0, 0.1) is 16.0 Å². The lowest BCUT2D eigenvalue weighted by Crippen LogP contribution is -2.25. The van der Waals surface area contributed by atoms with Crippen molar-refractivity contribution in [3.05, 3.63) is 28.3 Å². The van der Waals surface area contributed by atoms with Gasteiger partial charge in [0.25, 0.3) is 5.69 Å². The second-order valence-electron chi connectivity index (χ2n) is 4.97. The van der Waals surface area contributed by atoms with E-state index in [0.29, 0.717) is 6.54 Å². The molecule has 0 unspecified atom stereocenters. The van der Waals surface area contributed by atoms with E-state index in [0.717, 1.165) is 30.9 Å². The van der Waals surface area contributed by atoms with Crippen LogP contribution in [0.15, 0.2) is 23.1 Å². The molecule has 0 heterocycles. The summed E-state index contributed by atoms with van der Waals surface area (Å²) in [5, 5.41) is 10.9. The van der Waals surface area contributed by atoms with Crippen molar-refractivity contribution >= 4 is 21.4 Å². The molecule has 0 amide bonds. The summed E-state index contributed by atoms with van der Waals surface area (Å²) in [6.45, 7) is 0.292. The number of nitrogens with one attached hydrogen (secondary N) is 1. The molecule has 8 heteroatoms. The number of sulfonamides is 1. The molecule has 0 saturated heterocycles. The number of nitrogens with two attached hydrogens (primary N) is 1. The lowest BCUT2D eigenvalue weighted by atomic mass is 10.2. The fourth-order valence-electron chi connectivity index (χ4n) is 1.99. The Morgan fingerprint density at radius 1 is 1.40 bits per heavy atom. The van der Waals surface area contributed by atoms with Crippen molar-refractivity contribution < 1.29 is 13.3 Å². The summed E-state index contributed by atoms with van der Waals surface area (Å²) in [7, 11) is -3.88. The van der Waals surface area contributed by atoms with E-state index < -0.39 is 20.6 Å². The zero-order valence-electron chi connectivity index (χ0n) is 10.9. The summed E-state index contributed by atoms with van der Waals surface area (Å²) < 4.78 is 26.5. The number of benzene rings is 1. The fourth-order valence-corrected chi connectivity index (χ4v) is 3.21. The maximum absolute atomic E-state index is 12.1. The van der Waals surface area contributed by atoms with Gasteiger partial charge in [-0.15, -0.1) is 0 Å². The molecule has 0 aliphatic heterocycles. The molecule has 110 valence electrons. The molecule has 1 aliphatic rings. The van der Waals surface area contributed by atoms with E-state index in [1.807, 2.05) is 0 Å². The van der Waals surface area contributed by atoms with Gasteiger partial charge in [-0.05, 0) is 30.9 Å².